The Labute approximate surface area is 165 Å². The fraction of sp³-hybridized carbons (Fsp3) is 0.125. The Balaban J connectivity index is 1.45. The van der Waals surface area contributed by atoms with Crippen molar-refractivity contribution in [3.05, 3.63) is 102 Å². The summed E-state index contributed by atoms with van der Waals surface area (Å²) < 4.78 is 7.74. The lowest BCUT2D eigenvalue weighted by atomic mass is 10.1. The van der Waals surface area contributed by atoms with Crippen LogP contribution in [0.3, 0.4) is 0 Å². The van der Waals surface area contributed by atoms with Gasteiger partial charge in [0.1, 0.15) is 11.5 Å². The number of nitrogens with zero attached hydrogens (tertiary/aromatic N) is 2. The third-order valence-corrected chi connectivity index (χ3v) is 4.50. The van der Waals surface area contributed by atoms with E-state index < -0.39 is 0 Å². The van der Waals surface area contributed by atoms with E-state index >= 15 is 0 Å². The first-order chi connectivity index (χ1) is 13.8. The number of nitrogens with one attached hydrogen (secondary N) is 1. The van der Waals surface area contributed by atoms with Crippen LogP contribution in [-0.4, -0.2) is 9.78 Å². The molecule has 0 atom stereocenters. The largest absolute Gasteiger partial charge is 0.457 e. The van der Waals surface area contributed by atoms with Gasteiger partial charge in [0, 0.05) is 37.5 Å². The quantitative estimate of drug-likeness (QED) is 0.488. The number of rotatable bonds is 7. The third kappa shape index (κ3) is 4.48. The number of ether oxygens (including phenoxy) is 1. The average Bonchev–Trinajstić information content (AvgIpc) is 3.11. The molecule has 0 aliphatic rings. The molecule has 4 aromatic rings. The Hall–Kier alpha value is -3.37. The van der Waals surface area contributed by atoms with Crippen LogP contribution in [0.1, 0.15) is 11.1 Å². The maximum Gasteiger partial charge on any atom is 0.127 e. The molecule has 4 heteroatoms. The molecule has 0 saturated carbocycles. The Morgan fingerprint density at radius 2 is 1.43 bits per heavy atom. The van der Waals surface area contributed by atoms with E-state index in [1.165, 1.54) is 11.1 Å². The molecule has 1 N–H and O–H groups in total. The van der Waals surface area contributed by atoms with Crippen LogP contribution in [0.15, 0.2) is 91.1 Å². The van der Waals surface area contributed by atoms with E-state index in [9.17, 15) is 0 Å². The van der Waals surface area contributed by atoms with Crippen LogP contribution < -0.4 is 10.1 Å². The van der Waals surface area contributed by atoms with E-state index in [1.807, 2.05) is 60.3 Å². The minimum atomic E-state index is 0.764. The highest BCUT2D eigenvalue weighted by Crippen LogP contribution is 2.27. The smallest absolute Gasteiger partial charge is 0.127 e. The van der Waals surface area contributed by atoms with Crippen molar-refractivity contribution >= 4 is 0 Å². The van der Waals surface area contributed by atoms with Crippen LogP contribution in [0.2, 0.25) is 0 Å². The topological polar surface area (TPSA) is 39.1 Å². The molecule has 0 aliphatic carbocycles. The Morgan fingerprint density at radius 3 is 2.14 bits per heavy atom. The second kappa shape index (κ2) is 8.55. The molecule has 0 saturated heterocycles. The van der Waals surface area contributed by atoms with E-state index in [0.29, 0.717) is 0 Å². The number of hydrogen-bond acceptors (Lipinski definition) is 3. The predicted molar refractivity (Wildman–Crippen MR) is 112 cm³/mol. The molecular formula is C24H23N3O. The zero-order valence-electron chi connectivity index (χ0n) is 15.9. The minimum Gasteiger partial charge on any atom is -0.457 e. The monoisotopic (exact) mass is 369 g/mol. The summed E-state index contributed by atoms with van der Waals surface area (Å²) >= 11 is 0. The SMILES string of the molecule is Cn1cc(CNCc2ccccc2)c(-c2ccc(Oc3ccccc3)cc2)n1. The summed E-state index contributed by atoms with van der Waals surface area (Å²) in [4.78, 5) is 0. The molecular weight excluding hydrogens is 346 g/mol. The van der Waals surface area contributed by atoms with Crippen molar-refractivity contribution in [2.45, 2.75) is 13.1 Å². The number of hydrogen-bond donors (Lipinski definition) is 1. The van der Waals surface area contributed by atoms with Gasteiger partial charge < -0.3 is 10.1 Å². The van der Waals surface area contributed by atoms with Crippen LogP contribution in [-0.2, 0) is 20.1 Å². The number of para-hydroxylation sites is 1. The molecule has 1 aromatic heterocycles. The lowest BCUT2D eigenvalue weighted by Gasteiger charge is -2.08. The van der Waals surface area contributed by atoms with Crippen molar-refractivity contribution in [3.8, 4) is 22.8 Å². The molecule has 0 unspecified atom stereocenters. The van der Waals surface area contributed by atoms with E-state index in [-0.39, 0.29) is 0 Å². The van der Waals surface area contributed by atoms with Gasteiger partial charge in [-0.25, -0.2) is 0 Å². The summed E-state index contributed by atoms with van der Waals surface area (Å²) in [5.41, 5.74) is 4.53. The molecule has 1 heterocycles. The molecule has 0 amide bonds. The van der Waals surface area contributed by atoms with E-state index in [2.05, 4.69) is 53.0 Å². The summed E-state index contributed by atoms with van der Waals surface area (Å²) in [6.45, 7) is 1.60. The van der Waals surface area contributed by atoms with Gasteiger partial charge >= 0.3 is 0 Å². The zero-order chi connectivity index (χ0) is 19.2. The third-order valence-electron chi connectivity index (χ3n) is 4.50. The highest BCUT2D eigenvalue weighted by atomic mass is 16.5. The molecule has 28 heavy (non-hydrogen) atoms. The summed E-state index contributed by atoms with van der Waals surface area (Å²) in [5.74, 6) is 1.65. The molecule has 4 rings (SSSR count). The minimum absolute atomic E-state index is 0.764. The van der Waals surface area contributed by atoms with Crippen molar-refractivity contribution in [1.82, 2.24) is 15.1 Å². The van der Waals surface area contributed by atoms with Gasteiger partial charge in [-0.3, -0.25) is 4.68 Å². The summed E-state index contributed by atoms with van der Waals surface area (Å²) in [6.07, 6.45) is 2.07. The van der Waals surface area contributed by atoms with Gasteiger partial charge in [-0.15, -0.1) is 0 Å². The molecule has 0 aliphatic heterocycles. The van der Waals surface area contributed by atoms with Gasteiger partial charge in [0.2, 0.25) is 0 Å². The van der Waals surface area contributed by atoms with Gasteiger partial charge in [-0.1, -0.05) is 48.5 Å². The Morgan fingerprint density at radius 1 is 0.786 bits per heavy atom. The standard InChI is InChI=1S/C24H23N3O/c1-27-18-21(17-25-16-19-8-4-2-5-9-19)24(26-27)20-12-14-23(15-13-20)28-22-10-6-3-7-11-22/h2-15,18,25H,16-17H2,1H3. The zero-order valence-corrected chi connectivity index (χ0v) is 15.9. The Kier molecular flexibility index (Phi) is 5.50. The van der Waals surface area contributed by atoms with Gasteiger partial charge in [0.15, 0.2) is 0 Å². The van der Waals surface area contributed by atoms with Crippen LogP contribution in [0, 0.1) is 0 Å². The molecule has 3 aromatic carbocycles. The lowest BCUT2D eigenvalue weighted by Crippen LogP contribution is -2.12. The van der Waals surface area contributed by atoms with Crippen molar-refractivity contribution < 1.29 is 4.74 Å². The summed E-state index contributed by atoms with van der Waals surface area (Å²) in [7, 11) is 1.96. The maximum absolute atomic E-state index is 5.88. The molecule has 0 bridgehead atoms. The molecule has 0 radical (unpaired) electrons. The van der Waals surface area contributed by atoms with E-state index in [4.69, 9.17) is 4.74 Å². The van der Waals surface area contributed by atoms with E-state index in [0.717, 1.165) is 35.8 Å². The second-order valence-corrected chi connectivity index (χ2v) is 6.71. The first-order valence-electron chi connectivity index (χ1n) is 9.38. The first kappa shape index (κ1) is 18.0. The van der Waals surface area contributed by atoms with Crippen LogP contribution in [0.4, 0.5) is 0 Å². The van der Waals surface area contributed by atoms with Gasteiger partial charge in [0.05, 0.1) is 5.69 Å². The second-order valence-electron chi connectivity index (χ2n) is 6.71. The van der Waals surface area contributed by atoms with Crippen LogP contribution in [0.25, 0.3) is 11.3 Å². The lowest BCUT2D eigenvalue weighted by molar-refractivity contribution is 0.483. The highest BCUT2D eigenvalue weighted by molar-refractivity contribution is 5.63. The van der Waals surface area contributed by atoms with Gasteiger partial charge in [-0.05, 0) is 42.0 Å². The van der Waals surface area contributed by atoms with Crippen molar-refractivity contribution in [1.29, 1.82) is 0 Å². The predicted octanol–water partition coefficient (Wildman–Crippen LogP) is 5.17. The molecule has 0 spiro atoms. The molecule has 0 fully saturated rings. The normalized spacial score (nSPS) is 10.8. The van der Waals surface area contributed by atoms with E-state index in [1.54, 1.807) is 0 Å². The van der Waals surface area contributed by atoms with Crippen molar-refractivity contribution in [2.75, 3.05) is 0 Å². The van der Waals surface area contributed by atoms with Crippen molar-refractivity contribution in [3.63, 3.8) is 0 Å². The highest BCUT2D eigenvalue weighted by Gasteiger charge is 2.10. The number of aryl methyl sites for hydroxylation is 1. The van der Waals surface area contributed by atoms with Gasteiger partial charge in [-0.2, -0.15) is 5.10 Å². The van der Waals surface area contributed by atoms with Crippen molar-refractivity contribution in [2.24, 2.45) is 7.05 Å². The average molecular weight is 369 g/mol. The number of benzene rings is 3. The maximum atomic E-state index is 5.88. The number of aromatic nitrogens is 2. The van der Waals surface area contributed by atoms with Crippen LogP contribution in [0.5, 0.6) is 11.5 Å². The first-order valence-corrected chi connectivity index (χ1v) is 9.38. The van der Waals surface area contributed by atoms with Crippen LogP contribution >= 0.6 is 0 Å². The Bertz CT molecular complexity index is 1010. The summed E-state index contributed by atoms with van der Waals surface area (Å²) in [6, 6.07) is 28.3. The molecule has 140 valence electrons. The fourth-order valence-electron chi connectivity index (χ4n) is 3.15. The summed E-state index contributed by atoms with van der Waals surface area (Å²) in [5, 5.41) is 8.16. The molecule has 4 nitrogen and oxygen atoms in total. The van der Waals surface area contributed by atoms with Gasteiger partial charge in [0.25, 0.3) is 0 Å². The fourth-order valence-corrected chi connectivity index (χ4v) is 3.15.